The summed E-state index contributed by atoms with van der Waals surface area (Å²) in [6.07, 6.45) is 2.74. The van der Waals surface area contributed by atoms with Crippen molar-refractivity contribution in [1.29, 1.82) is 0 Å². The standard InChI is InChI=1S/C20H18ClFN4/c21-18-9-16(22)4-1-14(18)11-26-8-7-19-15(12-26)10-24-20(25-19)13-2-5-17(23)6-3-13/h1-6,9-10H,7-8,11-12,23H2. The third-order valence-electron chi connectivity index (χ3n) is 4.59. The molecule has 0 saturated heterocycles. The zero-order chi connectivity index (χ0) is 18.1. The van der Waals surface area contributed by atoms with Gasteiger partial charge in [-0.05, 0) is 42.0 Å². The summed E-state index contributed by atoms with van der Waals surface area (Å²) in [5.41, 5.74) is 10.5. The van der Waals surface area contributed by atoms with Crippen LogP contribution in [-0.2, 0) is 19.5 Å². The van der Waals surface area contributed by atoms with Gasteiger partial charge in [-0.2, -0.15) is 0 Å². The number of halogens is 2. The average Bonchev–Trinajstić information content (AvgIpc) is 2.64. The number of benzene rings is 2. The van der Waals surface area contributed by atoms with Crippen molar-refractivity contribution in [2.45, 2.75) is 19.5 Å². The lowest BCUT2D eigenvalue weighted by Crippen LogP contribution is -2.31. The fraction of sp³-hybridized carbons (Fsp3) is 0.200. The first kappa shape index (κ1) is 16.9. The molecule has 4 nitrogen and oxygen atoms in total. The van der Waals surface area contributed by atoms with Crippen molar-refractivity contribution in [3.63, 3.8) is 0 Å². The molecule has 0 amide bonds. The first-order chi connectivity index (χ1) is 12.6. The van der Waals surface area contributed by atoms with Gasteiger partial charge in [-0.3, -0.25) is 4.90 Å². The number of rotatable bonds is 3. The predicted octanol–water partition coefficient (Wildman–Crippen LogP) is 4.08. The highest BCUT2D eigenvalue weighted by Gasteiger charge is 2.19. The summed E-state index contributed by atoms with van der Waals surface area (Å²) in [4.78, 5) is 11.5. The molecule has 0 saturated carbocycles. The third-order valence-corrected chi connectivity index (χ3v) is 4.94. The van der Waals surface area contributed by atoms with Gasteiger partial charge in [0.2, 0.25) is 0 Å². The Morgan fingerprint density at radius 1 is 1.15 bits per heavy atom. The van der Waals surface area contributed by atoms with E-state index in [-0.39, 0.29) is 5.82 Å². The number of nitrogens with zero attached hydrogens (tertiary/aromatic N) is 3. The van der Waals surface area contributed by atoms with Gasteiger partial charge in [0.25, 0.3) is 0 Å². The number of hydrogen-bond acceptors (Lipinski definition) is 4. The van der Waals surface area contributed by atoms with Crippen LogP contribution in [0.4, 0.5) is 10.1 Å². The molecule has 2 N–H and O–H groups in total. The quantitative estimate of drug-likeness (QED) is 0.708. The zero-order valence-corrected chi connectivity index (χ0v) is 14.9. The van der Waals surface area contributed by atoms with Crippen molar-refractivity contribution >= 4 is 17.3 Å². The molecular weight excluding hydrogens is 351 g/mol. The highest BCUT2D eigenvalue weighted by molar-refractivity contribution is 6.31. The van der Waals surface area contributed by atoms with Crippen LogP contribution in [0.15, 0.2) is 48.7 Å². The predicted molar refractivity (Wildman–Crippen MR) is 101 cm³/mol. The fourth-order valence-corrected chi connectivity index (χ4v) is 3.40. The van der Waals surface area contributed by atoms with Crippen LogP contribution in [0.3, 0.4) is 0 Å². The molecule has 1 aliphatic rings. The molecule has 26 heavy (non-hydrogen) atoms. The van der Waals surface area contributed by atoms with E-state index in [1.165, 1.54) is 12.1 Å². The highest BCUT2D eigenvalue weighted by atomic mass is 35.5. The monoisotopic (exact) mass is 368 g/mol. The first-order valence-electron chi connectivity index (χ1n) is 8.45. The van der Waals surface area contributed by atoms with Crippen LogP contribution in [0, 0.1) is 5.82 Å². The van der Waals surface area contributed by atoms with E-state index in [1.807, 2.05) is 30.5 Å². The van der Waals surface area contributed by atoms with Crippen molar-refractivity contribution in [1.82, 2.24) is 14.9 Å². The van der Waals surface area contributed by atoms with E-state index in [1.54, 1.807) is 6.07 Å². The molecule has 0 bridgehead atoms. The van der Waals surface area contributed by atoms with Crippen molar-refractivity contribution in [3.05, 3.63) is 76.3 Å². The van der Waals surface area contributed by atoms with Gasteiger partial charge in [-0.25, -0.2) is 14.4 Å². The van der Waals surface area contributed by atoms with E-state index >= 15 is 0 Å². The number of hydrogen-bond donors (Lipinski definition) is 1. The molecule has 4 rings (SSSR count). The van der Waals surface area contributed by atoms with E-state index in [4.69, 9.17) is 22.3 Å². The average molecular weight is 369 g/mol. The largest absolute Gasteiger partial charge is 0.399 e. The van der Waals surface area contributed by atoms with E-state index in [2.05, 4.69) is 9.88 Å². The summed E-state index contributed by atoms with van der Waals surface area (Å²) in [7, 11) is 0. The Labute approximate surface area is 156 Å². The molecule has 2 heterocycles. The molecule has 0 radical (unpaired) electrons. The minimum Gasteiger partial charge on any atom is -0.399 e. The minimum absolute atomic E-state index is 0.314. The molecule has 1 aromatic heterocycles. The van der Waals surface area contributed by atoms with Crippen molar-refractivity contribution < 1.29 is 4.39 Å². The van der Waals surface area contributed by atoms with Crippen LogP contribution in [0.25, 0.3) is 11.4 Å². The Kier molecular flexibility index (Phi) is 4.57. The molecular formula is C20H18ClFN4. The number of nitrogens with two attached hydrogens (primary N) is 1. The van der Waals surface area contributed by atoms with Gasteiger partial charge in [0.1, 0.15) is 5.82 Å². The van der Waals surface area contributed by atoms with Gasteiger partial charge in [0, 0.05) is 54.1 Å². The summed E-state index contributed by atoms with van der Waals surface area (Å²) in [6.45, 7) is 2.31. The molecule has 2 aromatic carbocycles. The Hall–Kier alpha value is -2.50. The van der Waals surface area contributed by atoms with Crippen LogP contribution >= 0.6 is 11.6 Å². The lowest BCUT2D eigenvalue weighted by molar-refractivity contribution is 0.243. The molecule has 3 aromatic rings. The fourth-order valence-electron chi connectivity index (χ4n) is 3.17. The number of nitrogen functional groups attached to an aromatic ring is 1. The molecule has 1 aliphatic heterocycles. The van der Waals surface area contributed by atoms with E-state index in [0.717, 1.165) is 53.4 Å². The Balaban J connectivity index is 1.51. The Morgan fingerprint density at radius 3 is 2.73 bits per heavy atom. The van der Waals surface area contributed by atoms with Crippen LogP contribution in [0.2, 0.25) is 5.02 Å². The second kappa shape index (κ2) is 7.02. The number of fused-ring (bicyclic) bond motifs is 1. The maximum atomic E-state index is 13.2. The van der Waals surface area contributed by atoms with Gasteiger partial charge in [0.15, 0.2) is 5.82 Å². The van der Waals surface area contributed by atoms with Gasteiger partial charge in [0.05, 0.1) is 5.69 Å². The van der Waals surface area contributed by atoms with Crippen LogP contribution in [0.5, 0.6) is 0 Å². The molecule has 0 atom stereocenters. The summed E-state index contributed by atoms with van der Waals surface area (Å²) >= 11 is 6.15. The molecule has 132 valence electrons. The Bertz CT molecular complexity index is 943. The maximum absolute atomic E-state index is 13.2. The lowest BCUT2D eigenvalue weighted by Gasteiger charge is -2.28. The van der Waals surface area contributed by atoms with Crippen molar-refractivity contribution in [2.75, 3.05) is 12.3 Å². The molecule has 6 heteroatoms. The van der Waals surface area contributed by atoms with Gasteiger partial charge >= 0.3 is 0 Å². The second-order valence-electron chi connectivity index (χ2n) is 6.48. The van der Waals surface area contributed by atoms with Crippen molar-refractivity contribution in [2.24, 2.45) is 0 Å². The van der Waals surface area contributed by atoms with Crippen LogP contribution < -0.4 is 5.73 Å². The van der Waals surface area contributed by atoms with Gasteiger partial charge < -0.3 is 5.73 Å². The Morgan fingerprint density at radius 2 is 1.96 bits per heavy atom. The lowest BCUT2D eigenvalue weighted by atomic mass is 10.1. The van der Waals surface area contributed by atoms with Crippen LogP contribution in [-0.4, -0.2) is 21.4 Å². The van der Waals surface area contributed by atoms with Crippen molar-refractivity contribution in [3.8, 4) is 11.4 Å². The molecule has 0 fully saturated rings. The normalized spacial score (nSPS) is 14.2. The molecule has 0 aliphatic carbocycles. The minimum atomic E-state index is -0.314. The second-order valence-corrected chi connectivity index (χ2v) is 6.89. The van der Waals surface area contributed by atoms with E-state index < -0.39 is 0 Å². The summed E-state index contributed by atoms with van der Waals surface area (Å²) in [6, 6.07) is 12.1. The smallest absolute Gasteiger partial charge is 0.159 e. The maximum Gasteiger partial charge on any atom is 0.159 e. The third kappa shape index (κ3) is 3.54. The van der Waals surface area contributed by atoms with Gasteiger partial charge in [-0.1, -0.05) is 17.7 Å². The number of aromatic nitrogens is 2. The summed E-state index contributed by atoms with van der Waals surface area (Å²) < 4.78 is 13.2. The number of anilines is 1. The highest BCUT2D eigenvalue weighted by Crippen LogP contribution is 2.25. The summed E-state index contributed by atoms with van der Waals surface area (Å²) in [5, 5.41) is 0.464. The molecule has 0 spiro atoms. The zero-order valence-electron chi connectivity index (χ0n) is 14.1. The topological polar surface area (TPSA) is 55.0 Å². The summed E-state index contributed by atoms with van der Waals surface area (Å²) in [5.74, 6) is 0.408. The van der Waals surface area contributed by atoms with E-state index in [0.29, 0.717) is 11.6 Å². The SMILES string of the molecule is Nc1ccc(-c2ncc3c(n2)CCN(Cc2ccc(F)cc2Cl)C3)cc1. The first-order valence-corrected chi connectivity index (χ1v) is 8.83. The van der Waals surface area contributed by atoms with Gasteiger partial charge in [-0.15, -0.1) is 0 Å². The molecule has 0 unspecified atom stereocenters. The van der Waals surface area contributed by atoms with E-state index in [9.17, 15) is 4.39 Å². The van der Waals surface area contributed by atoms with Crippen LogP contribution in [0.1, 0.15) is 16.8 Å².